The number of hydrogen-bond acceptors (Lipinski definition) is 7. The molecule has 0 atom stereocenters. The second kappa shape index (κ2) is 6.85. The van der Waals surface area contributed by atoms with Crippen LogP contribution >= 0.6 is 23.1 Å². The lowest BCUT2D eigenvalue weighted by Crippen LogP contribution is -2.05. The van der Waals surface area contributed by atoms with Crippen LogP contribution in [-0.2, 0) is 10.5 Å². The van der Waals surface area contributed by atoms with E-state index in [0.29, 0.717) is 17.9 Å². The third-order valence-electron chi connectivity index (χ3n) is 3.72. The van der Waals surface area contributed by atoms with Crippen LogP contribution in [0.5, 0.6) is 0 Å². The summed E-state index contributed by atoms with van der Waals surface area (Å²) in [5, 5.41) is 3.83. The molecule has 5 nitrogen and oxygen atoms in total. The lowest BCUT2D eigenvalue weighted by atomic mass is 10.1. The van der Waals surface area contributed by atoms with Gasteiger partial charge in [0.25, 0.3) is 0 Å². The highest BCUT2D eigenvalue weighted by atomic mass is 32.2. The van der Waals surface area contributed by atoms with Crippen LogP contribution in [0, 0.1) is 0 Å². The molecule has 0 radical (unpaired) electrons. The zero-order chi connectivity index (χ0) is 17.2. The van der Waals surface area contributed by atoms with E-state index in [9.17, 15) is 4.79 Å². The molecule has 0 bridgehead atoms. The Morgan fingerprint density at radius 1 is 1.28 bits per heavy atom. The molecule has 7 heteroatoms. The quantitative estimate of drug-likeness (QED) is 0.283. The van der Waals surface area contributed by atoms with Gasteiger partial charge in [-0.25, -0.2) is 14.8 Å². The fraction of sp³-hybridized carbons (Fsp3) is 0.167. The van der Waals surface area contributed by atoms with Crippen LogP contribution in [0.15, 0.2) is 51.5 Å². The third kappa shape index (κ3) is 3.01. The molecule has 0 saturated heterocycles. The zero-order valence-electron chi connectivity index (χ0n) is 13.4. The first-order valence-electron chi connectivity index (χ1n) is 7.76. The molecule has 0 aliphatic carbocycles. The largest absolute Gasteiger partial charge is 0.460 e. The van der Waals surface area contributed by atoms with Gasteiger partial charge in [-0.3, -0.25) is 0 Å². The van der Waals surface area contributed by atoms with Crippen molar-refractivity contribution in [3.05, 3.63) is 53.4 Å². The van der Waals surface area contributed by atoms with E-state index in [1.54, 1.807) is 36.3 Å². The number of rotatable bonds is 5. The monoisotopic (exact) mass is 370 g/mol. The molecule has 0 saturated carbocycles. The number of thioether (sulfide) groups is 1. The van der Waals surface area contributed by atoms with Crippen LogP contribution in [0.25, 0.3) is 21.2 Å². The van der Waals surface area contributed by atoms with Gasteiger partial charge in [0.2, 0.25) is 5.76 Å². The molecule has 126 valence electrons. The Hall–Kier alpha value is -2.38. The average Bonchev–Trinajstić information content (AvgIpc) is 3.25. The maximum atomic E-state index is 12.3. The van der Waals surface area contributed by atoms with Gasteiger partial charge >= 0.3 is 5.97 Å². The number of ether oxygens (including phenoxy) is 1. The molecular formula is C18H14N2O3S2. The van der Waals surface area contributed by atoms with Gasteiger partial charge in [-0.1, -0.05) is 30.0 Å². The molecule has 0 aliphatic heterocycles. The highest BCUT2D eigenvalue weighted by Crippen LogP contribution is 2.35. The zero-order valence-corrected chi connectivity index (χ0v) is 15.0. The Morgan fingerprint density at radius 3 is 3.04 bits per heavy atom. The number of furan rings is 1. The van der Waals surface area contributed by atoms with Crippen LogP contribution in [0.2, 0.25) is 0 Å². The van der Waals surface area contributed by atoms with Crippen molar-refractivity contribution in [2.24, 2.45) is 0 Å². The maximum absolute atomic E-state index is 12.3. The van der Waals surface area contributed by atoms with Gasteiger partial charge in [-0.15, -0.1) is 11.3 Å². The van der Waals surface area contributed by atoms with E-state index < -0.39 is 5.97 Å². The van der Waals surface area contributed by atoms with Crippen molar-refractivity contribution in [1.82, 2.24) is 9.97 Å². The Bertz CT molecular complexity index is 1050. The highest BCUT2D eigenvalue weighted by Gasteiger charge is 2.22. The van der Waals surface area contributed by atoms with Crippen LogP contribution in [0.1, 0.15) is 23.0 Å². The van der Waals surface area contributed by atoms with Crippen molar-refractivity contribution in [2.75, 3.05) is 6.61 Å². The number of hydrogen-bond donors (Lipinski definition) is 0. The minimum Gasteiger partial charge on any atom is -0.460 e. The normalized spacial score (nSPS) is 11.2. The molecular weight excluding hydrogens is 356 g/mol. The van der Waals surface area contributed by atoms with Crippen molar-refractivity contribution in [2.45, 2.75) is 17.7 Å². The van der Waals surface area contributed by atoms with Gasteiger partial charge in [0.1, 0.15) is 16.9 Å². The van der Waals surface area contributed by atoms with Crippen molar-refractivity contribution in [3.63, 3.8) is 0 Å². The molecule has 0 spiro atoms. The summed E-state index contributed by atoms with van der Waals surface area (Å²) in [5.74, 6) is 0.403. The van der Waals surface area contributed by atoms with Crippen molar-refractivity contribution in [3.8, 4) is 0 Å². The Morgan fingerprint density at radius 2 is 2.16 bits per heavy atom. The molecule has 4 aromatic rings. The number of aromatic nitrogens is 2. The van der Waals surface area contributed by atoms with Crippen LogP contribution in [-0.4, -0.2) is 22.5 Å². The summed E-state index contributed by atoms with van der Waals surface area (Å²) >= 11 is 3.18. The van der Waals surface area contributed by atoms with Crippen LogP contribution in [0.4, 0.5) is 0 Å². The fourth-order valence-corrected chi connectivity index (χ4v) is 4.59. The van der Waals surface area contributed by atoms with E-state index in [-0.39, 0.29) is 5.76 Å². The topological polar surface area (TPSA) is 65.2 Å². The number of benzene rings is 1. The first-order valence-corrected chi connectivity index (χ1v) is 9.63. The van der Waals surface area contributed by atoms with Crippen molar-refractivity contribution < 1.29 is 13.9 Å². The van der Waals surface area contributed by atoms with Gasteiger partial charge < -0.3 is 9.15 Å². The molecule has 0 aliphatic rings. The molecule has 3 aromatic heterocycles. The van der Waals surface area contributed by atoms with E-state index in [2.05, 4.69) is 9.97 Å². The van der Waals surface area contributed by atoms with Crippen molar-refractivity contribution in [1.29, 1.82) is 0 Å². The number of carbonyl (C=O) groups excluding carboxylic acids is 1. The summed E-state index contributed by atoms with van der Waals surface area (Å²) in [4.78, 5) is 20.9. The summed E-state index contributed by atoms with van der Waals surface area (Å²) in [5.41, 5.74) is 2.46. The molecule has 0 N–H and O–H groups in total. The minimum atomic E-state index is -0.432. The lowest BCUT2D eigenvalue weighted by molar-refractivity contribution is 0.0491. The van der Waals surface area contributed by atoms with Gasteiger partial charge in [0, 0.05) is 16.7 Å². The first kappa shape index (κ1) is 16.1. The van der Waals surface area contributed by atoms with Crippen LogP contribution < -0.4 is 0 Å². The number of esters is 1. The van der Waals surface area contributed by atoms with E-state index >= 15 is 0 Å². The molecule has 4 rings (SSSR count). The number of para-hydroxylation sites is 1. The van der Waals surface area contributed by atoms with Crippen LogP contribution in [0.3, 0.4) is 0 Å². The summed E-state index contributed by atoms with van der Waals surface area (Å²) in [6.45, 7) is 2.09. The Balaban J connectivity index is 1.71. The lowest BCUT2D eigenvalue weighted by Gasteiger charge is -2.04. The van der Waals surface area contributed by atoms with E-state index in [0.717, 1.165) is 26.2 Å². The van der Waals surface area contributed by atoms with Crippen molar-refractivity contribution >= 4 is 50.3 Å². The predicted molar refractivity (Wildman–Crippen MR) is 99.1 cm³/mol. The summed E-state index contributed by atoms with van der Waals surface area (Å²) < 4.78 is 12.0. The standard InChI is InChI=1S/C18H14N2O3S2/c1-2-22-18(21)15-12(11-5-3-4-6-14(11)23-15)9-25-17-16-13(7-8-24-16)19-10-20-17/h3-8,10H,2,9H2,1H3. The van der Waals surface area contributed by atoms with Gasteiger partial charge in [0.05, 0.1) is 16.8 Å². The number of fused-ring (bicyclic) bond motifs is 2. The number of nitrogens with zero attached hydrogens (tertiary/aromatic N) is 2. The summed E-state index contributed by atoms with van der Waals surface area (Å²) in [6, 6.07) is 9.61. The number of carbonyl (C=O) groups is 1. The second-order valence-corrected chi connectivity index (χ2v) is 7.11. The first-order chi connectivity index (χ1) is 12.3. The average molecular weight is 370 g/mol. The second-order valence-electron chi connectivity index (χ2n) is 5.23. The van der Waals surface area contributed by atoms with Gasteiger partial charge in [-0.2, -0.15) is 0 Å². The predicted octanol–water partition coefficient (Wildman–Crippen LogP) is 4.91. The summed E-state index contributed by atoms with van der Waals surface area (Å²) in [7, 11) is 0. The fourth-order valence-electron chi connectivity index (χ4n) is 2.61. The molecule has 1 aromatic carbocycles. The Kier molecular flexibility index (Phi) is 4.42. The number of thiophene rings is 1. The highest BCUT2D eigenvalue weighted by molar-refractivity contribution is 7.98. The van der Waals surface area contributed by atoms with Gasteiger partial charge in [0.15, 0.2) is 0 Å². The molecule has 0 unspecified atom stereocenters. The molecule has 25 heavy (non-hydrogen) atoms. The molecule has 0 amide bonds. The summed E-state index contributed by atoms with van der Waals surface area (Å²) in [6.07, 6.45) is 1.57. The van der Waals surface area contributed by atoms with E-state index in [1.807, 2.05) is 35.7 Å². The third-order valence-corrected chi connectivity index (χ3v) is 5.78. The smallest absolute Gasteiger partial charge is 0.374 e. The Labute approximate surface area is 152 Å². The molecule has 3 heterocycles. The van der Waals surface area contributed by atoms with E-state index in [1.165, 1.54) is 0 Å². The SMILES string of the molecule is CCOC(=O)c1oc2ccccc2c1CSc1ncnc2ccsc12. The molecule has 0 fully saturated rings. The van der Waals surface area contributed by atoms with Gasteiger partial charge in [-0.05, 0) is 24.4 Å². The van der Waals surface area contributed by atoms with E-state index in [4.69, 9.17) is 9.15 Å². The maximum Gasteiger partial charge on any atom is 0.374 e. The minimum absolute atomic E-state index is 0.270.